The number of aromatic nitrogens is 4. The van der Waals surface area contributed by atoms with Crippen LogP contribution < -0.4 is 19.5 Å². The van der Waals surface area contributed by atoms with E-state index < -0.39 is 0 Å². The third-order valence-electron chi connectivity index (χ3n) is 7.30. The van der Waals surface area contributed by atoms with E-state index in [1.807, 2.05) is 31.3 Å². The molecule has 1 amide bonds. The van der Waals surface area contributed by atoms with E-state index in [9.17, 15) is 4.79 Å². The molecule has 3 aromatic rings. The van der Waals surface area contributed by atoms with Gasteiger partial charge in [0.1, 0.15) is 6.04 Å². The molecule has 6 rings (SSSR count). The lowest BCUT2D eigenvalue weighted by molar-refractivity contribution is 0.0383. The smallest absolute Gasteiger partial charge is 0.251 e. The predicted molar refractivity (Wildman–Crippen MR) is 136 cm³/mol. The number of hydrogen-bond donors (Lipinski definition) is 1. The Bertz CT molecular complexity index is 1320. The SMILES string of the molecule is COc1c2c(cc3c1C(c1nnnn1-c1cccc(C(=O)NCCN4CCOCC4)c1)N(C)CC3)OCO2. The topological polar surface area (TPSA) is 116 Å². The molecule has 200 valence electrons. The van der Waals surface area contributed by atoms with Crippen molar-refractivity contribution in [1.82, 2.24) is 35.3 Å². The first-order chi connectivity index (χ1) is 18.6. The molecular formula is C26H31N7O5. The van der Waals surface area contributed by atoms with Crippen LogP contribution in [-0.4, -0.2) is 103 Å². The molecule has 1 saturated heterocycles. The Morgan fingerprint density at radius 2 is 2.05 bits per heavy atom. The van der Waals surface area contributed by atoms with Crippen LogP contribution in [0.2, 0.25) is 0 Å². The van der Waals surface area contributed by atoms with Gasteiger partial charge in [-0.05, 0) is 53.7 Å². The highest BCUT2D eigenvalue weighted by molar-refractivity contribution is 5.94. The maximum atomic E-state index is 12.9. The lowest BCUT2D eigenvalue weighted by atomic mass is 9.90. The van der Waals surface area contributed by atoms with Gasteiger partial charge < -0.3 is 24.3 Å². The van der Waals surface area contributed by atoms with Gasteiger partial charge in [-0.25, -0.2) is 0 Å². The minimum Gasteiger partial charge on any atom is -0.492 e. The van der Waals surface area contributed by atoms with Crippen LogP contribution in [0.5, 0.6) is 17.2 Å². The van der Waals surface area contributed by atoms with Crippen molar-refractivity contribution in [1.29, 1.82) is 0 Å². The fourth-order valence-electron chi connectivity index (χ4n) is 5.34. The fraction of sp³-hybridized carbons (Fsp3) is 0.462. The first-order valence-corrected chi connectivity index (χ1v) is 12.8. The average Bonchev–Trinajstić information content (AvgIpc) is 3.62. The zero-order valence-electron chi connectivity index (χ0n) is 21.6. The highest BCUT2D eigenvalue weighted by Crippen LogP contribution is 2.50. The number of carbonyl (C=O) groups is 1. The summed E-state index contributed by atoms with van der Waals surface area (Å²) in [7, 11) is 3.67. The lowest BCUT2D eigenvalue weighted by Gasteiger charge is -2.34. The summed E-state index contributed by atoms with van der Waals surface area (Å²) < 4.78 is 24.3. The Morgan fingerprint density at radius 1 is 1.18 bits per heavy atom. The van der Waals surface area contributed by atoms with Gasteiger partial charge in [0.05, 0.1) is 26.0 Å². The summed E-state index contributed by atoms with van der Waals surface area (Å²) in [6.45, 7) is 5.57. The van der Waals surface area contributed by atoms with Crippen molar-refractivity contribution in [2.24, 2.45) is 0 Å². The minimum absolute atomic E-state index is 0.135. The molecule has 1 unspecified atom stereocenters. The van der Waals surface area contributed by atoms with Crippen LogP contribution >= 0.6 is 0 Å². The molecule has 1 N–H and O–H groups in total. The minimum atomic E-state index is -0.288. The molecule has 12 heteroatoms. The van der Waals surface area contributed by atoms with Crippen molar-refractivity contribution in [3.63, 3.8) is 0 Å². The number of methoxy groups -OCH3 is 1. The number of benzene rings is 2. The highest BCUT2D eigenvalue weighted by atomic mass is 16.7. The summed E-state index contributed by atoms with van der Waals surface area (Å²) in [5.41, 5.74) is 3.31. The standard InChI is InChI=1S/C26H31N7O5/c1-31-8-6-17-15-20-23(38-16-37-20)24(35-2)21(17)22(31)25-28-29-30-33(25)19-5-3-4-18(14-19)26(34)27-7-9-32-10-12-36-13-11-32/h3-5,14-15,22H,6-13,16H2,1-2H3,(H,27,34). The molecule has 3 aliphatic heterocycles. The molecule has 1 atom stereocenters. The van der Waals surface area contributed by atoms with Crippen molar-refractivity contribution in [2.45, 2.75) is 12.5 Å². The Kier molecular flexibility index (Phi) is 6.83. The second kappa shape index (κ2) is 10.6. The van der Waals surface area contributed by atoms with Crippen molar-refractivity contribution in [3.8, 4) is 22.9 Å². The Hall–Kier alpha value is -3.74. The summed E-state index contributed by atoms with van der Waals surface area (Å²) in [6, 6.07) is 9.08. The van der Waals surface area contributed by atoms with Crippen LogP contribution in [0.4, 0.5) is 0 Å². The van der Waals surface area contributed by atoms with Crippen LogP contribution in [0.1, 0.15) is 33.4 Å². The molecule has 4 heterocycles. The molecule has 3 aliphatic rings. The van der Waals surface area contributed by atoms with Crippen molar-refractivity contribution >= 4 is 5.91 Å². The zero-order valence-corrected chi connectivity index (χ0v) is 21.6. The average molecular weight is 522 g/mol. The molecular weight excluding hydrogens is 490 g/mol. The number of nitrogens with zero attached hydrogens (tertiary/aromatic N) is 6. The number of hydrogen-bond acceptors (Lipinski definition) is 10. The largest absolute Gasteiger partial charge is 0.492 e. The third kappa shape index (κ3) is 4.55. The van der Waals surface area contributed by atoms with Gasteiger partial charge in [-0.3, -0.25) is 14.6 Å². The van der Waals surface area contributed by atoms with E-state index in [-0.39, 0.29) is 18.7 Å². The predicted octanol–water partition coefficient (Wildman–Crippen LogP) is 1.04. The van der Waals surface area contributed by atoms with Crippen LogP contribution in [0.25, 0.3) is 5.69 Å². The first-order valence-electron chi connectivity index (χ1n) is 12.8. The van der Waals surface area contributed by atoms with Gasteiger partial charge in [0.2, 0.25) is 12.5 Å². The molecule has 0 aliphatic carbocycles. The number of rotatable bonds is 7. The quantitative estimate of drug-likeness (QED) is 0.483. The lowest BCUT2D eigenvalue weighted by Crippen LogP contribution is -2.41. The molecule has 0 bridgehead atoms. The molecule has 1 aromatic heterocycles. The number of carbonyl (C=O) groups excluding carboxylic acids is 1. The van der Waals surface area contributed by atoms with E-state index >= 15 is 0 Å². The first kappa shape index (κ1) is 24.6. The van der Waals surface area contributed by atoms with Gasteiger partial charge >= 0.3 is 0 Å². The van der Waals surface area contributed by atoms with E-state index in [0.29, 0.717) is 40.9 Å². The van der Waals surface area contributed by atoms with E-state index in [2.05, 4.69) is 30.6 Å². The molecule has 0 radical (unpaired) electrons. The molecule has 2 aromatic carbocycles. The van der Waals surface area contributed by atoms with Gasteiger partial charge in [0.25, 0.3) is 5.91 Å². The summed E-state index contributed by atoms with van der Waals surface area (Å²) in [5, 5.41) is 15.8. The van der Waals surface area contributed by atoms with E-state index in [0.717, 1.165) is 56.9 Å². The molecule has 1 fully saturated rings. The van der Waals surface area contributed by atoms with Crippen molar-refractivity contribution in [2.75, 3.05) is 66.9 Å². The second-order valence-electron chi connectivity index (χ2n) is 9.56. The number of fused-ring (bicyclic) bond motifs is 2. The maximum Gasteiger partial charge on any atom is 0.251 e. The number of amides is 1. The number of tetrazole rings is 1. The van der Waals surface area contributed by atoms with Crippen LogP contribution in [0, 0.1) is 0 Å². The second-order valence-corrected chi connectivity index (χ2v) is 9.56. The Morgan fingerprint density at radius 3 is 2.89 bits per heavy atom. The van der Waals surface area contributed by atoms with Gasteiger partial charge in [0, 0.05) is 43.9 Å². The molecule has 0 saturated carbocycles. The molecule has 0 spiro atoms. The van der Waals surface area contributed by atoms with E-state index in [1.54, 1.807) is 17.9 Å². The van der Waals surface area contributed by atoms with Crippen molar-refractivity contribution < 1.29 is 23.7 Å². The summed E-state index contributed by atoms with van der Waals surface area (Å²) in [5.74, 6) is 2.41. The third-order valence-corrected chi connectivity index (χ3v) is 7.30. The number of morpholine rings is 1. The molecule has 38 heavy (non-hydrogen) atoms. The van der Waals surface area contributed by atoms with Crippen molar-refractivity contribution in [3.05, 3.63) is 52.8 Å². The number of ether oxygens (including phenoxy) is 4. The van der Waals surface area contributed by atoms with Crippen LogP contribution in [-0.2, 0) is 11.2 Å². The zero-order chi connectivity index (χ0) is 26.1. The summed E-state index contributed by atoms with van der Waals surface area (Å²) >= 11 is 0. The number of nitrogens with one attached hydrogen (secondary N) is 1. The molecule has 12 nitrogen and oxygen atoms in total. The normalized spacial score (nSPS) is 19.3. The van der Waals surface area contributed by atoms with Gasteiger partial charge in [0.15, 0.2) is 17.3 Å². The Labute approximate surface area is 220 Å². The Balaban J connectivity index is 1.27. The fourth-order valence-corrected chi connectivity index (χ4v) is 5.34. The van der Waals surface area contributed by atoms with Gasteiger partial charge in [-0.2, -0.15) is 4.68 Å². The van der Waals surface area contributed by atoms with Crippen LogP contribution in [0.3, 0.4) is 0 Å². The summed E-state index contributed by atoms with van der Waals surface area (Å²) in [4.78, 5) is 17.4. The number of likely N-dealkylation sites (N-methyl/N-ethyl adjacent to an activating group) is 1. The van der Waals surface area contributed by atoms with Crippen LogP contribution in [0.15, 0.2) is 30.3 Å². The van der Waals surface area contributed by atoms with E-state index in [1.165, 1.54) is 0 Å². The van der Waals surface area contributed by atoms with Gasteiger partial charge in [-0.15, -0.1) is 5.10 Å². The highest BCUT2D eigenvalue weighted by Gasteiger charge is 2.37. The summed E-state index contributed by atoms with van der Waals surface area (Å²) in [6.07, 6.45) is 0.830. The van der Waals surface area contributed by atoms with Gasteiger partial charge in [-0.1, -0.05) is 6.07 Å². The monoisotopic (exact) mass is 521 g/mol. The maximum absolute atomic E-state index is 12.9. The van der Waals surface area contributed by atoms with E-state index in [4.69, 9.17) is 18.9 Å².